The molecule has 90 valence electrons. The van der Waals surface area contributed by atoms with E-state index < -0.39 is 17.5 Å². The number of alkyl halides is 2. The van der Waals surface area contributed by atoms with E-state index in [9.17, 15) is 13.6 Å². The molecule has 1 aromatic heterocycles. The fraction of sp³-hybridized carbons (Fsp3) is 0.571. The summed E-state index contributed by atoms with van der Waals surface area (Å²) in [4.78, 5) is 11.1. The van der Waals surface area contributed by atoms with Crippen molar-refractivity contribution in [2.24, 2.45) is 0 Å². The maximum Gasteiger partial charge on any atom is 0.321 e. The Morgan fingerprint density at radius 2 is 2.25 bits per heavy atom. The van der Waals surface area contributed by atoms with Gasteiger partial charge in [-0.25, -0.2) is 13.6 Å². The average Bonchev–Trinajstić information content (AvgIpc) is 2.66. The van der Waals surface area contributed by atoms with Gasteiger partial charge in [0.25, 0.3) is 6.43 Å². The molecular weight excluding hydrogens is 242 g/mol. The normalized spacial score (nSPS) is 10.5. The number of amides is 2. The molecule has 0 saturated heterocycles. The first kappa shape index (κ1) is 12.7. The number of anilines is 1. The molecule has 0 aromatic carbocycles. The fourth-order valence-electron chi connectivity index (χ4n) is 0.796. The van der Waals surface area contributed by atoms with Gasteiger partial charge in [0.1, 0.15) is 0 Å². The van der Waals surface area contributed by atoms with E-state index in [1.165, 1.54) is 0 Å². The summed E-state index contributed by atoms with van der Waals surface area (Å²) in [5.74, 6) is 0. The van der Waals surface area contributed by atoms with Gasteiger partial charge in [-0.1, -0.05) is 11.3 Å². The molecule has 1 rings (SSSR count). The highest BCUT2D eigenvalue weighted by atomic mass is 32.1. The van der Waals surface area contributed by atoms with E-state index in [1.807, 2.05) is 0 Å². The van der Waals surface area contributed by atoms with Crippen LogP contribution >= 0.6 is 11.3 Å². The topological polar surface area (TPSA) is 87.1 Å². The maximum atomic E-state index is 12.1. The number of nitrogens with zero attached hydrogens (tertiary/aromatic N) is 2. The van der Waals surface area contributed by atoms with Crippen molar-refractivity contribution in [2.45, 2.75) is 12.8 Å². The first-order valence-electron chi connectivity index (χ1n) is 4.40. The lowest BCUT2D eigenvalue weighted by atomic mass is 10.4. The number of halogens is 2. The van der Waals surface area contributed by atoms with Crippen LogP contribution in [0.4, 0.5) is 18.7 Å². The zero-order valence-electron chi connectivity index (χ0n) is 8.11. The predicted molar refractivity (Wildman–Crippen MR) is 53.6 cm³/mol. The van der Waals surface area contributed by atoms with Crippen LogP contribution in [0.2, 0.25) is 0 Å². The molecule has 0 aliphatic heterocycles. The molecule has 0 spiro atoms. The quantitative estimate of drug-likeness (QED) is 0.682. The third-order valence-corrected chi connectivity index (χ3v) is 2.31. The zero-order valence-corrected chi connectivity index (χ0v) is 8.93. The highest BCUT2D eigenvalue weighted by Crippen LogP contribution is 2.24. The molecule has 6 nitrogen and oxygen atoms in total. The van der Waals surface area contributed by atoms with Gasteiger partial charge in [-0.3, -0.25) is 5.32 Å². The highest BCUT2D eigenvalue weighted by Gasteiger charge is 2.14. The van der Waals surface area contributed by atoms with Crippen LogP contribution in [-0.4, -0.2) is 34.5 Å². The SMILES string of the molecule is O=C(NCCCO)Nc1nnc(C(F)F)s1. The van der Waals surface area contributed by atoms with Crippen LogP contribution in [0.25, 0.3) is 0 Å². The number of nitrogens with one attached hydrogen (secondary N) is 2. The van der Waals surface area contributed by atoms with E-state index in [-0.39, 0.29) is 11.7 Å². The molecule has 0 aliphatic rings. The number of aliphatic hydroxyl groups is 1. The number of urea groups is 1. The second-order valence-corrected chi connectivity index (χ2v) is 3.71. The first-order valence-corrected chi connectivity index (χ1v) is 5.22. The lowest BCUT2D eigenvalue weighted by Gasteiger charge is -2.02. The number of aliphatic hydroxyl groups excluding tert-OH is 1. The van der Waals surface area contributed by atoms with Crippen molar-refractivity contribution < 1.29 is 18.7 Å². The van der Waals surface area contributed by atoms with Crippen LogP contribution < -0.4 is 10.6 Å². The Bertz CT molecular complexity index is 347. The maximum absolute atomic E-state index is 12.1. The summed E-state index contributed by atoms with van der Waals surface area (Å²) in [5.41, 5.74) is 0. The largest absolute Gasteiger partial charge is 0.396 e. The fourth-order valence-corrected chi connectivity index (χ4v) is 1.39. The van der Waals surface area contributed by atoms with Crippen LogP contribution in [0, 0.1) is 0 Å². The van der Waals surface area contributed by atoms with Crippen molar-refractivity contribution >= 4 is 22.5 Å². The molecular formula is C7H10F2N4O2S. The molecule has 9 heteroatoms. The molecule has 0 fully saturated rings. The van der Waals surface area contributed by atoms with Gasteiger partial charge >= 0.3 is 6.03 Å². The summed E-state index contributed by atoms with van der Waals surface area (Å²) in [7, 11) is 0. The summed E-state index contributed by atoms with van der Waals surface area (Å²) < 4.78 is 24.2. The van der Waals surface area contributed by atoms with Crippen LogP contribution in [0.1, 0.15) is 17.9 Å². The van der Waals surface area contributed by atoms with Crippen molar-refractivity contribution in [3.05, 3.63) is 5.01 Å². The number of carbonyl (C=O) groups is 1. The number of carbonyl (C=O) groups excluding carboxylic acids is 1. The van der Waals surface area contributed by atoms with E-state index >= 15 is 0 Å². The van der Waals surface area contributed by atoms with Crippen LogP contribution in [-0.2, 0) is 0 Å². The average molecular weight is 252 g/mol. The minimum Gasteiger partial charge on any atom is -0.396 e. The number of rotatable bonds is 5. The Hall–Kier alpha value is -1.35. The number of hydrogen-bond donors (Lipinski definition) is 3. The Kier molecular flexibility index (Phi) is 4.99. The lowest BCUT2D eigenvalue weighted by Crippen LogP contribution is -2.29. The molecule has 1 aromatic rings. The lowest BCUT2D eigenvalue weighted by molar-refractivity contribution is 0.150. The first-order chi connectivity index (χ1) is 7.63. The predicted octanol–water partition coefficient (Wildman–Crippen LogP) is 0.980. The van der Waals surface area contributed by atoms with E-state index in [0.29, 0.717) is 24.3 Å². The van der Waals surface area contributed by atoms with Crippen molar-refractivity contribution in [3.63, 3.8) is 0 Å². The van der Waals surface area contributed by atoms with Crippen LogP contribution in [0.3, 0.4) is 0 Å². The van der Waals surface area contributed by atoms with Gasteiger partial charge in [0, 0.05) is 13.2 Å². The molecule has 1 heterocycles. The Morgan fingerprint density at radius 3 is 2.81 bits per heavy atom. The Morgan fingerprint density at radius 1 is 1.50 bits per heavy atom. The number of hydrogen-bond acceptors (Lipinski definition) is 5. The molecule has 0 unspecified atom stereocenters. The van der Waals surface area contributed by atoms with Crippen molar-refractivity contribution in [3.8, 4) is 0 Å². The Labute approximate surface area is 93.7 Å². The molecule has 3 N–H and O–H groups in total. The highest BCUT2D eigenvalue weighted by molar-refractivity contribution is 7.15. The van der Waals surface area contributed by atoms with Crippen LogP contribution in [0.15, 0.2) is 0 Å². The summed E-state index contributed by atoms with van der Waals surface area (Å²) in [5, 5.41) is 19.3. The van der Waals surface area contributed by atoms with Crippen molar-refractivity contribution in [1.82, 2.24) is 15.5 Å². The van der Waals surface area contributed by atoms with E-state index in [4.69, 9.17) is 5.11 Å². The molecule has 0 radical (unpaired) electrons. The monoisotopic (exact) mass is 252 g/mol. The summed E-state index contributed by atoms with van der Waals surface area (Å²) >= 11 is 0.615. The molecule has 0 bridgehead atoms. The van der Waals surface area contributed by atoms with Gasteiger partial charge in [0.15, 0.2) is 5.01 Å². The van der Waals surface area contributed by atoms with Gasteiger partial charge in [-0.05, 0) is 6.42 Å². The zero-order chi connectivity index (χ0) is 12.0. The standard InChI is InChI=1S/C7H10F2N4O2S/c8-4(9)5-12-13-7(16-5)11-6(15)10-2-1-3-14/h4,14H,1-3H2,(H2,10,11,13,15). The molecule has 2 amide bonds. The van der Waals surface area contributed by atoms with E-state index in [1.54, 1.807) is 0 Å². The van der Waals surface area contributed by atoms with Gasteiger partial charge in [-0.2, -0.15) is 0 Å². The van der Waals surface area contributed by atoms with Gasteiger partial charge in [-0.15, -0.1) is 10.2 Å². The summed E-state index contributed by atoms with van der Waals surface area (Å²) in [6.45, 7) is 0.261. The van der Waals surface area contributed by atoms with Gasteiger partial charge in [0.05, 0.1) is 0 Å². The summed E-state index contributed by atoms with van der Waals surface area (Å²) in [6, 6.07) is -0.564. The summed E-state index contributed by atoms with van der Waals surface area (Å²) in [6.07, 6.45) is -2.27. The smallest absolute Gasteiger partial charge is 0.321 e. The second-order valence-electron chi connectivity index (χ2n) is 2.70. The third-order valence-electron chi connectivity index (χ3n) is 1.47. The van der Waals surface area contributed by atoms with Crippen molar-refractivity contribution in [1.29, 1.82) is 0 Å². The van der Waals surface area contributed by atoms with Gasteiger partial charge in [0.2, 0.25) is 5.13 Å². The number of aromatic nitrogens is 2. The second kappa shape index (κ2) is 6.28. The van der Waals surface area contributed by atoms with E-state index in [2.05, 4.69) is 20.8 Å². The van der Waals surface area contributed by atoms with E-state index in [0.717, 1.165) is 0 Å². The van der Waals surface area contributed by atoms with Crippen LogP contribution in [0.5, 0.6) is 0 Å². The minimum absolute atomic E-state index is 0.0109. The van der Waals surface area contributed by atoms with Crippen molar-refractivity contribution in [2.75, 3.05) is 18.5 Å². The minimum atomic E-state index is -2.69. The molecule has 0 aliphatic carbocycles. The molecule has 16 heavy (non-hydrogen) atoms. The molecule has 0 atom stereocenters. The third kappa shape index (κ3) is 4.03. The van der Waals surface area contributed by atoms with Gasteiger partial charge < -0.3 is 10.4 Å². The Balaban J connectivity index is 2.37. The molecule has 0 saturated carbocycles.